The fraction of sp³-hybridized carbons (Fsp3) is 0.100. The minimum atomic E-state index is -4.27. The van der Waals surface area contributed by atoms with E-state index in [1.54, 1.807) is 30.3 Å². The maximum atomic E-state index is 12.8. The maximum Gasteiger partial charge on any atom is 0.278 e. The Kier molecular flexibility index (Phi) is 4.66. The number of hydrogen-bond donors (Lipinski definition) is 4. The average Bonchev–Trinajstić information content (AvgIpc) is 2.74. The van der Waals surface area contributed by atoms with Crippen LogP contribution in [-0.4, -0.2) is 28.8 Å². The number of benzene rings is 3. The molecule has 0 fully saturated rings. The highest BCUT2D eigenvalue weighted by Crippen LogP contribution is 2.51. The minimum absolute atomic E-state index is 0.0374. The number of phenolic OH excluding ortho intramolecular Hbond substituents is 2. The van der Waals surface area contributed by atoms with Gasteiger partial charge in [-0.1, -0.05) is 42.5 Å². The van der Waals surface area contributed by atoms with Gasteiger partial charge in [0.1, 0.15) is 17.9 Å². The van der Waals surface area contributed by atoms with E-state index >= 15 is 0 Å². The first kappa shape index (κ1) is 19.5. The zero-order valence-electron chi connectivity index (χ0n) is 14.8. The zero-order valence-corrected chi connectivity index (χ0v) is 16.3. The molecule has 0 aromatic heterocycles. The number of aromatic hydroxyl groups is 2. The van der Waals surface area contributed by atoms with Crippen molar-refractivity contribution in [1.82, 2.24) is 0 Å². The number of hydrogen-bond acceptors (Lipinski definition) is 6. The van der Waals surface area contributed by atoms with Crippen LogP contribution >= 0.6 is 11.8 Å². The summed E-state index contributed by atoms with van der Waals surface area (Å²) in [7, 11) is -4.27. The SMILES string of the molecule is O=S(=O)(c1ccccc1)N(Cl)c1cc2c(c(O)c1O)C(O)c1ccccc1C2O. The van der Waals surface area contributed by atoms with Gasteiger partial charge < -0.3 is 20.4 Å². The molecule has 0 radical (unpaired) electrons. The standard InChI is InChI=1S/C20H16ClNO6S/c21-22(29(27,28)11-6-2-1-3-7-11)15-10-14-16(20(26)19(15)25)18(24)13-9-5-4-8-12(13)17(14)23/h1-10,17-18,23-26H. The Balaban J connectivity index is 1.89. The molecule has 1 aliphatic carbocycles. The molecule has 0 saturated carbocycles. The predicted octanol–water partition coefficient (Wildman–Crippen LogP) is 2.92. The summed E-state index contributed by atoms with van der Waals surface area (Å²) < 4.78 is 25.9. The lowest BCUT2D eigenvalue weighted by atomic mass is 9.81. The van der Waals surface area contributed by atoms with E-state index in [-0.39, 0.29) is 16.0 Å². The number of phenols is 2. The first-order valence-electron chi connectivity index (χ1n) is 8.55. The number of halogens is 1. The lowest BCUT2D eigenvalue weighted by Crippen LogP contribution is -2.23. The van der Waals surface area contributed by atoms with Gasteiger partial charge in [-0.2, -0.15) is 12.2 Å². The van der Waals surface area contributed by atoms with Crippen molar-refractivity contribution in [1.29, 1.82) is 0 Å². The molecule has 3 aromatic rings. The molecule has 4 N–H and O–H groups in total. The molecule has 150 valence electrons. The Morgan fingerprint density at radius 2 is 1.34 bits per heavy atom. The zero-order chi connectivity index (χ0) is 20.9. The summed E-state index contributed by atoms with van der Waals surface area (Å²) in [4.78, 5) is -0.127. The molecule has 1 aliphatic rings. The van der Waals surface area contributed by atoms with Crippen molar-refractivity contribution in [3.63, 3.8) is 0 Å². The fourth-order valence-corrected chi connectivity index (χ4v) is 4.93. The Bertz CT molecular complexity index is 1200. The average molecular weight is 434 g/mol. The quantitative estimate of drug-likeness (QED) is 0.372. The van der Waals surface area contributed by atoms with Gasteiger partial charge in [-0.15, -0.1) is 0 Å². The Morgan fingerprint density at radius 3 is 1.97 bits per heavy atom. The summed E-state index contributed by atoms with van der Waals surface area (Å²) in [6.45, 7) is 0. The number of rotatable bonds is 3. The molecule has 2 atom stereocenters. The van der Waals surface area contributed by atoms with Crippen molar-refractivity contribution in [2.75, 3.05) is 3.82 Å². The van der Waals surface area contributed by atoms with Crippen LogP contribution in [0.1, 0.15) is 34.5 Å². The molecule has 0 amide bonds. The second-order valence-electron chi connectivity index (χ2n) is 6.56. The normalized spacial score (nSPS) is 18.0. The predicted molar refractivity (Wildman–Crippen MR) is 106 cm³/mol. The van der Waals surface area contributed by atoms with Crippen LogP contribution in [0, 0.1) is 0 Å². The highest BCUT2D eigenvalue weighted by molar-refractivity contribution is 7.94. The van der Waals surface area contributed by atoms with E-state index in [9.17, 15) is 28.8 Å². The van der Waals surface area contributed by atoms with Gasteiger partial charge in [-0.05, 0) is 34.9 Å². The summed E-state index contributed by atoms with van der Waals surface area (Å²) in [5.74, 6) is -1.59. The largest absolute Gasteiger partial charge is 0.504 e. The van der Waals surface area contributed by atoms with Crippen molar-refractivity contribution < 1.29 is 28.8 Å². The van der Waals surface area contributed by atoms with Crippen molar-refractivity contribution in [2.45, 2.75) is 17.1 Å². The summed E-state index contributed by atoms with van der Waals surface area (Å²) in [5.41, 5.74) is 0.248. The molecule has 3 aromatic carbocycles. The van der Waals surface area contributed by atoms with E-state index in [4.69, 9.17) is 11.8 Å². The lowest BCUT2D eigenvalue weighted by molar-refractivity contribution is 0.169. The second kappa shape index (κ2) is 6.93. The Morgan fingerprint density at radius 1 is 0.793 bits per heavy atom. The summed E-state index contributed by atoms with van der Waals surface area (Å²) in [6.07, 6.45) is -2.58. The highest BCUT2D eigenvalue weighted by atomic mass is 35.5. The van der Waals surface area contributed by atoms with E-state index in [1.165, 1.54) is 24.3 Å². The van der Waals surface area contributed by atoms with Crippen LogP contribution in [0.25, 0.3) is 0 Å². The van der Waals surface area contributed by atoms with E-state index < -0.39 is 39.4 Å². The number of fused-ring (bicyclic) bond motifs is 2. The molecule has 0 aliphatic heterocycles. The van der Waals surface area contributed by atoms with Crippen LogP contribution in [0.15, 0.2) is 65.6 Å². The van der Waals surface area contributed by atoms with Gasteiger partial charge in [0.05, 0.1) is 4.90 Å². The third kappa shape index (κ3) is 2.92. The van der Waals surface area contributed by atoms with Crippen molar-refractivity contribution in [3.05, 3.63) is 82.9 Å². The molecule has 7 nitrogen and oxygen atoms in total. The molecule has 2 unspecified atom stereocenters. The molecule has 29 heavy (non-hydrogen) atoms. The molecule has 0 bridgehead atoms. The molecule has 0 saturated heterocycles. The van der Waals surface area contributed by atoms with Crippen molar-refractivity contribution >= 4 is 27.5 Å². The van der Waals surface area contributed by atoms with Gasteiger partial charge in [-0.25, -0.2) is 0 Å². The van der Waals surface area contributed by atoms with Crippen molar-refractivity contribution in [3.8, 4) is 11.5 Å². The summed E-state index contributed by atoms with van der Waals surface area (Å²) >= 11 is 6.07. The summed E-state index contributed by atoms with van der Waals surface area (Å²) in [6, 6.07) is 15.0. The van der Waals surface area contributed by atoms with Crippen LogP contribution in [0.2, 0.25) is 0 Å². The fourth-order valence-electron chi connectivity index (χ4n) is 3.47. The van der Waals surface area contributed by atoms with Gasteiger partial charge in [0.2, 0.25) is 0 Å². The van der Waals surface area contributed by atoms with Crippen LogP contribution in [0.3, 0.4) is 0 Å². The number of aliphatic hydroxyl groups excluding tert-OH is 2. The molecule has 4 rings (SSSR count). The van der Waals surface area contributed by atoms with E-state index in [0.717, 1.165) is 6.07 Å². The van der Waals surface area contributed by atoms with Crippen LogP contribution < -0.4 is 3.82 Å². The number of aliphatic hydroxyl groups is 2. The second-order valence-corrected chi connectivity index (χ2v) is 8.89. The molecule has 0 spiro atoms. The molecule has 0 heterocycles. The molecule has 9 heteroatoms. The van der Waals surface area contributed by atoms with Crippen LogP contribution in [-0.2, 0) is 10.0 Å². The minimum Gasteiger partial charge on any atom is -0.504 e. The van der Waals surface area contributed by atoms with Gasteiger partial charge in [0.15, 0.2) is 11.5 Å². The highest BCUT2D eigenvalue weighted by Gasteiger charge is 2.37. The number of sulfonamides is 1. The van der Waals surface area contributed by atoms with E-state index in [0.29, 0.717) is 15.0 Å². The van der Waals surface area contributed by atoms with E-state index in [1.807, 2.05) is 0 Å². The van der Waals surface area contributed by atoms with Crippen molar-refractivity contribution in [2.24, 2.45) is 0 Å². The van der Waals surface area contributed by atoms with Crippen LogP contribution in [0.5, 0.6) is 11.5 Å². The van der Waals surface area contributed by atoms with Gasteiger partial charge in [-0.3, -0.25) is 0 Å². The monoisotopic (exact) mass is 433 g/mol. The molecular formula is C20H16ClNO6S. The van der Waals surface area contributed by atoms with Gasteiger partial charge >= 0.3 is 0 Å². The first-order valence-corrected chi connectivity index (χ1v) is 10.3. The summed E-state index contributed by atoms with van der Waals surface area (Å²) in [5, 5.41) is 42.4. The third-order valence-electron chi connectivity index (χ3n) is 4.92. The maximum absolute atomic E-state index is 12.8. The van der Waals surface area contributed by atoms with Gasteiger partial charge in [0, 0.05) is 17.3 Å². The molecular weight excluding hydrogens is 418 g/mol. The van der Waals surface area contributed by atoms with Gasteiger partial charge in [0.25, 0.3) is 10.0 Å². The van der Waals surface area contributed by atoms with E-state index in [2.05, 4.69) is 0 Å². The smallest absolute Gasteiger partial charge is 0.278 e. The number of nitrogens with zero attached hydrogens (tertiary/aromatic N) is 1. The Labute approximate surface area is 171 Å². The lowest BCUT2D eigenvalue weighted by Gasteiger charge is -2.31. The third-order valence-corrected chi connectivity index (χ3v) is 7.13. The first-order chi connectivity index (χ1) is 13.7. The Hall–Kier alpha value is -2.78. The topological polar surface area (TPSA) is 118 Å². The van der Waals surface area contributed by atoms with Crippen LogP contribution in [0.4, 0.5) is 5.69 Å². The number of anilines is 1.